The molecule has 4 N–H and O–H groups in total. The Bertz CT molecular complexity index is 1470. The van der Waals surface area contributed by atoms with E-state index in [1.165, 1.54) is 22.9 Å². The van der Waals surface area contributed by atoms with Crippen molar-refractivity contribution in [2.24, 2.45) is 5.92 Å². The van der Waals surface area contributed by atoms with Gasteiger partial charge in [0.2, 0.25) is 12.3 Å². The van der Waals surface area contributed by atoms with Crippen LogP contribution in [0.3, 0.4) is 0 Å². The SMILES string of the molecule is Cc1ccccc1NC(=O)Nc1ccc(CC(=O)Nc2ccc(N(C=O)CC(C)C)c(C(=O)N(C)CCC(=O)O)c2)cc1. The largest absolute Gasteiger partial charge is 0.481 e. The molecule has 43 heavy (non-hydrogen) atoms. The average Bonchev–Trinajstić information content (AvgIpc) is 2.96. The molecule has 0 unspecified atom stereocenters. The van der Waals surface area contributed by atoms with E-state index in [1.54, 1.807) is 36.4 Å². The van der Waals surface area contributed by atoms with Crippen molar-refractivity contribution in [3.05, 3.63) is 83.4 Å². The fourth-order valence-corrected chi connectivity index (χ4v) is 4.29. The maximum absolute atomic E-state index is 13.3. The summed E-state index contributed by atoms with van der Waals surface area (Å²) in [5, 5.41) is 17.4. The van der Waals surface area contributed by atoms with Gasteiger partial charge in [0.25, 0.3) is 5.91 Å². The zero-order valence-corrected chi connectivity index (χ0v) is 24.7. The Kier molecular flexibility index (Phi) is 11.4. The number of para-hydroxylation sites is 1. The van der Waals surface area contributed by atoms with Crippen molar-refractivity contribution < 1.29 is 29.1 Å². The van der Waals surface area contributed by atoms with Crippen LogP contribution in [0.15, 0.2) is 66.7 Å². The Morgan fingerprint density at radius 2 is 1.58 bits per heavy atom. The molecule has 11 nitrogen and oxygen atoms in total. The third kappa shape index (κ3) is 9.70. The first-order chi connectivity index (χ1) is 20.5. The Balaban J connectivity index is 1.70. The Morgan fingerprint density at radius 3 is 2.21 bits per heavy atom. The Hall–Kier alpha value is -5.19. The second kappa shape index (κ2) is 15.2. The molecule has 3 aromatic carbocycles. The fraction of sp³-hybridized carbons (Fsp3) is 0.281. The van der Waals surface area contributed by atoms with Gasteiger partial charge in [-0.05, 0) is 60.4 Å². The standard InChI is InChI=1S/C32H37N5O6/c1-21(2)19-37(20-38)28-14-13-25(18-26(28)31(42)36(4)16-15-30(40)41)33-29(39)17-23-9-11-24(12-10-23)34-32(43)35-27-8-6-5-7-22(27)3/h5-14,18,20-21H,15-17,19H2,1-4H3,(H,33,39)(H,40,41)(H2,34,35,43). The van der Waals surface area contributed by atoms with E-state index >= 15 is 0 Å². The molecule has 5 amide bonds. The summed E-state index contributed by atoms with van der Waals surface area (Å²) >= 11 is 0. The van der Waals surface area contributed by atoms with Crippen LogP contribution in [0.1, 0.15) is 41.8 Å². The number of aryl methyl sites for hydroxylation is 1. The zero-order valence-electron chi connectivity index (χ0n) is 24.7. The lowest BCUT2D eigenvalue weighted by Crippen LogP contribution is -2.33. The normalized spacial score (nSPS) is 10.5. The van der Waals surface area contributed by atoms with E-state index in [1.807, 2.05) is 45.0 Å². The monoisotopic (exact) mass is 587 g/mol. The van der Waals surface area contributed by atoms with E-state index in [0.717, 1.165) is 5.56 Å². The number of carbonyl (C=O) groups excluding carboxylic acids is 4. The van der Waals surface area contributed by atoms with Gasteiger partial charge < -0.3 is 30.9 Å². The molecule has 0 aliphatic rings. The molecular formula is C32H37N5O6. The van der Waals surface area contributed by atoms with E-state index < -0.39 is 11.9 Å². The van der Waals surface area contributed by atoms with Crippen molar-refractivity contribution in [1.82, 2.24) is 4.90 Å². The predicted molar refractivity (Wildman–Crippen MR) is 166 cm³/mol. The first kappa shape index (κ1) is 32.3. The molecule has 226 valence electrons. The van der Waals surface area contributed by atoms with Gasteiger partial charge in [0.05, 0.1) is 24.1 Å². The fourth-order valence-electron chi connectivity index (χ4n) is 4.29. The number of carboxylic acids is 1. The summed E-state index contributed by atoms with van der Waals surface area (Å²) in [6.07, 6.45) is 0.447. The lowest BCUT2D eigenvalue weighted by Gasteiger charge is -2.25. The smallest absolute Gasteiger partial charge is 0.323 e. The molecule has 3 aromatic rings. The molecular weight excluding hydrogens is 550 g/mol. The molecule has 0 spiro atoms. The van der Waals surface area contributed by atoms with E-state index in [0.29, 0.717) is 41.3 Å². The highest BCUT2D eigenvalue weighted by atomic mass is 16.4. The van der Waals surface area contributed by atoms with E-state index in [4.69, 9.17) is 5.11 Å². The molecule has 0 aliphatic heterocycles. The summed E-state index contributed by atoms with van der Waals surface area (Å²) in [6.45, 7) is 6.12. The minimum atomic E-state index is -1.04. The molecule has 0 aromatic heterocycles. The predicted octanol–water partition coefficient (Wildman–Crippen LogP) is 4.99. The van der Waals surface area contributed by atoms with Crippen LogP contribution < -0.4 is 20.9 Å². The van der Waals surface area contributed by atoms with E-state index in [9.17, 15) is 24.0 Å². The van der Waals surface area contributed by atoms with Crippen LogP contribution in [-0.2, 0) is 20.8 Å². The van der Waals surface area contributed by atoms with Crippen molar-refractivity contribution in [2.45, 2.75) is 33.6 Å². The van der Waals surface area contributed by atoms with Crippen molar-refractivity contribution >= 4 is 53.0 Å². The van der Waals surface area contributed by atoms with Crippen LogP contribution in [0.4, 0.5) is 27.5 Å². The van der Waals surface area contributed by atoms with Gasteiger partial charge in [-0.1, -0.05) is 44.2 Å². The topological polar surface area (TPSA) is 148 Å². The Morgan fingerprint density at radius 1 is 0.907 bits per heavy atom. The Labute approximate surface area is 250 Å². The number of amides is 5. The van der Waals surface area contributed by atoms with Gasteiger partial charge in [-0.3, -0.25) is 19.2 Å². The molecule has 0 heterocycles. The van der Waals surface area contributed by atoms with E-state index in [-0.39, 0.29) is 42.8 Å². The van der Waals surface area contributed by atoms with Gasteiger partial charge in [0, 0.05) is 37.2 Å². The minimum Gasteiger partial charge on any atom is -0.481 e. The third-order valence-corrected chi connectivity index (χ3v) is 6.49. The second-order valence-corrected chi connectivity index (χ2v) is 10.6. The van der Waals surface area contributed by atoms with Gasteiger partial charge in [-0.25, -0.2) is 4.79 Å². The number of nitrogens with zero attached hydrogens (tertiary/aromatic N) is 2. The summed E-state index contributed by atoms with van der Waals surface area (Å²) in [4.78, 5) is 64.1. The summed E-state index contributed by atoms with van der Waals surface area (Å²) in [7, 11) is 1.48. The first-order valence-electron chi connectivity index (χ1n) is 13.8. The average molecular weight is 588 g/mol. The maximum Gasteiger partial charge on any atom is 0.323 e. The van der Waals surface area contributed by atoms with Gasteiger partial charge in [-0.2, -0.15) is 0 Å². The molecule has 0 atom stereocenters. The zero-order chi connectivity index (χ0) is 31.5. The van der Waals surface area contributed by atoms with E-state index in [2.05, 4.69) is 16.0 Å². The van der Waals surface area contributed by atoms with Crippen molar-refractivity contribution in [1.29, 1.82) is 0 Å². The molecule has 0 bridgehead atoms. The highest BCUT2D eigenvalue weighted by Crippen LogP contribution is 2.26. The molecule has 0 saturated heterocycles. The number of anilines is 4. The molecule has 3 rings (SSSR count). The summed E-state index contributed by atoms with van der Waals surface area (Å²) in [6, 6.07) is 18.6. The van der Waals surface area contributed by atoms with Gasteiger partial charge in [0.15, 0.2) is 0 Å². The number of rotatable bonds is 13. The highest BCUT2D eigenvalue weighted by molar-refractivity contribution is 6.04. The molecule has 0 saturated carbocycles. The number of carboxylic acid groups (broad SMARTS) is 1. The third-order valence-electron chi connectivity index (χ3n) is 6.49. The number of hydrogen-bond acceptors (Lipinski definition) is 5. The molecule has 11 heteroatoms. The quantitative estimate of drug-likeness (QED) is 0.207. The molecule has 0 radical (unpaired) electrons. The van der Waals surface area contributed by atoms with Crippen LogP contribution in [-0.4, -0.2) is 60.4 Å². The van der Waals surface area contributed by atoms with Crippen molar-refractivity contribution in [3.8, 4) is 0 Å². The molecule has 0 aliphatic carbocycles. The van der Waals surface area contributed by atoms with Crippen molar-refractivity contribution in [2.75, 3.05) is 41.0 Å². The lowest BCUT2D eigenvalue weighted by atomic mass is 10.1. The van der Waals surface area contributed by atoms with Crippen LogP contribution in [0.5, 0.6) is 0 Å². The number of urea groups is 1. The van der Waals surface area contributed by atoms with Crippen LogP contribution >= 0.6 is 0 Å². The number of benzene rings is 3. The highest BCUT2D eigenvalue weighted by Gasteiger charge is 2.22. The number of carbonyl (C=O) groups is 5. The first-order valence-corrected chi connectivity index (χ1v) is 13.8. The van der Waals surface area contributed by atoms with Crippen LogP contribution in [0.2, 0.25) is 0 Å². The number of hydrogen-bond donors (Lipinski definition) is 4. The van der Waals surface area contributed by atoms with Crippen molar-refractivity contribution in [3.63, 3.8) is 0 Å². The summed E-state index contributed by atoms with van der Waals surface area (Å²) < 4.78 is 0. The molecule has 0 fully saturated rings. The lowest BCUT2D eigenvalue weighted by molar-refractivity contribution is -0.137. The van der Waals surface area contributed by atoms with Gasteiger partial charge in [-0.15, -0.1) is 0 Å². The number of nitrogens with one attached hydrogen (secondary N) is 3. The van der Waals surface area contributed by atoms with Gasteiger partial charge in [0.1, 0.15) is 0 Å². The van der Waals surface area contributed by atoms with Crippen LogP contribution in [0.25, 0.3) is 0 Å². The minimum absolute atomic E-state index is 0.0200. The maximum atomic E-state index is 13.3. The van der Waals surface area contributed by atoms with Gasteiger partial charge >= 0.3 is 12.0 Å². The summed E-state index contributed by atoms with van der Waals surface area (Å²) in [5.74, 6) is -1.72. The number of aliphatic carboxylic acids is 1. The summed E-state index contributed by atoms with van der Waals surface area (Å²) in [5.41, 5.74) is 3.78. The second-order valence-electron chi connectivity index (χ2n) is 10.6. The van der Waals surface area contributed by atoms with Crippen LogP contribution in [0, 0.1) is 12.8 Å².